The molecule has 2 aromatic rings. The van der Waals surface area contributed by atoms with E-state index < -0.39 is 5.95 Å². The molecule has 1 aromatic carbocycles. The third-order valence-corrected chi connectivity index (χ3v) is 4.51. The molecule has 0 saturated heterocycles. The number of anilines is 1. The van der Waals surface area contributed by atoms with Crippen LogP contribution in [0.1, 0.15) is 20.3 Å². The summed E-state index contributed by atoms with van der Waals surface area (Å²) < 4.78 is 13.4. The molecule has 0 amide bonds. The Kier molecular flexibility index (Phi) is 3.87. The molecule has 4 heteroatoms. The van der Waals surface area contributed by atoms with E-state index >= 15 is 0 Å². The normalized spacial score (nSPS) is 20.0. The van der Waals surface area contributed by atoms with Crippen LogP contribution in [0.3, 0.4) is 0 Å². The number of benzene rings is 1. The Morgan fingerprint density at radius 1 is 1.27 bits per heavy atom. The van der Waals surface area contributed by atoms with Crippen LogP contribution in [0.25, 0.3) is 11.1 Å². The lowest BCUT2D eigenvalue weighted by Crippen LogP contribution is -2.29. The second-order valence-electron chi connectivity index (χ2n) is 6.60. The third kappa shape index (κ3) is 2.83. The number of fused-ring (bicyclic) bond motifs is 1. The molecule has 0 radical (unpaired) electrons. The molecule has 1 aliphatic heterocycles. The molecule has 1 aromatic heterocycles. The van der Waals surface area contributed by atoms with Crippen LogP contribution in [-0.2, 0) is 5.41 Å². The van der Waals surface area contributed by atoms with Gasteiger partial charge in [-0.05, 0) is 62.0 Å². The number of pyridine rings is 1. The smallest absolute Gasteiger partial charge is 0.213 e. The summed E-state index contributed by atoms with van der Waals surface area (Å²) in [5, 5.41) is 3.50. The van der Waals surface area contributed by atoms with Crippen LogP contribution in [-0.4, -0.2) is 37.1 Å². The number of hydrogen-bond donors (Lipinski definition) is 1. The van der Waals surface area contributed by atoms with Gasteiger partial charge in [0.05, 0.1) is 0 Å². The van der Waals surface area contributed by atoms with Gasteiger partial charge in [-0.3, -0.25) is 0 Å². The van der Waals surface area contributed by atoms with Crippen LogP contribution in [0.2, 0.25) is 0 Å². The molecule has 0 saturated carbocycles. The van der Waals surface area contributed by atoms with Gasteiger partial charge in [-0.15, -0.1) is 0 Å². The molecule has 1 N–H and O–H groups in total. The summed E-state index contributed by atoms with van der Waals surface area (Å²) >= 11 is 0. The molecule has 3 nitrogen and oxygen atoms in total. The van der Waals surface area contributed by atoms with Crippen molar-refractivity contribution in [3.05, 3.63) is 48.0 Å². The zero-order valence-electron chi connectivity index (χ0n) is 13.4. The van der Waals surface area contributed by atoms with E-state index in [-0.39, 0.29) is 6.84 Å². The summed E-state index contributed by atoms with van der Waals surface area (Å²) in [6.45, 7) is 4.29. The maximum Gasteiger partial charge on any atom is 0.213 e. The van der Waals surface area contributed by atoms with Crippen LogP contribution >= 0.6 is 0 Å². The molecule has 0 spiro atoms. The zero-order chi connectivity index (χ0) is 15.7. The van der Waals surface area contributed by atoms with E-state index in [1.807, 2.05) is 12.1 Å². The third-order valence-electron chi connectivity index (χ3n) is 4.51. The second-order valence-corrected chi connectivity index (χ2v) is 6.60. The Hall–Kier alpha value is -1.94. The Morgan fingerprint density at radius 3 is 2.77 bits per heavy atom. The maximum absolute atomic E-state index is 13.4. The van der Waals surface area contributed by atoms with Gasteiger partial charge in [-0.1, -0.05) is 13.0 Å². The van der Waals surface area contributed by atoms with Crippen LogP contribution in [0.5, 0.6) is 0 Å². The van der Waals surface area contributed by atoms with E-state index in [0.29, 0.717) is 0 Å². The van der Waals surface area contributed by atoms with E-state index in [9.17, 15) is 4.39 Å². The average molecular weight is 301 g/mol. The van der Waals surface area contributed by atoms with E-state index in [2.05, 4.69) is 48.4 Å². The number of hydrogen-bond acceptors (Lipinski definition) is 3. The lowest BCUT2D eigenvalue weighted by Gasteiger charge is -2.26. The highest BCUT2D eigenvalue weighted by Crippen LogP contribution is 2.41. The van der Waals surface area contributed by atoms with Gasteiger partial charge in [0, 0.05) is 31.3 Å². The molecule has 2 heterocycles. The summed E-state index contributed by atoms with van der Waals surface area (Å²) in [6.07, 6.45) is 2.61. The summed E-state index contributed by atoms with van der Waals surface area (Å²) in [5.41, 5.74) is 4.54. The van der Waals surface area contributed by atoms with Gasteiger partial charge in [0.15, 0.2) is 0 Å². The van der Waals surface area contributed by atoms with Crippen molar-refractivity contribution in [2.45, 2.75) is 18.8 Å². The quantitative estimate of drug-likeness (QED) is 0.871. The highest BCUT2D eigenvalue weighted by molar-refractivity contribution is 5.71. The molecular formula is C18H24FN3. The van der Waals surface area contributed by atoms with Crippen molar-refractivity contribution in [1.82, 2.24) is 9.88 Å². The molecule has 3 rings (SSSR count). The fraction of sp³-hybridized carbons (Fsp3) is 0.389. The molecule has 0 aliphatic carbocycles. The van der Waals surface area contributed by atoms with E-state index in [1.54, 1.807) is 0 Å². The number of rotatable bonds is 4. The summed E-state index contributed by atoms with van der Waals surface area (Å²) in [5.74, 6) is -0.438. The van der Waals surface area contributed by atoms with Crippen LogP contribution in [0, 0.1) is 5.95 Å². The van der Waals surface area contributed by atoms with Crippen molar-refractivity contribution in [1.29, 1.82) is 0 Å². The van der Waals surface area contributed by atoms with Crippen molar-refractivity contribution in [3.63, 3.8) is 0 Å². The first-order valence-corrected chi connectivity index (χ1v) is 7.63. The number of nitrogens with zero attached hydrogens (tertiary/aromatic N) is 2. The van der Waals surface area contributed by atoms with Gasteiger partial charge < -0.3 is 10.2 Å². The standard InChI is InChI=1S/C18H22FN3.H2/c1-18(7-9-22(2)3)12-21-16-5-4-13(10-15(16)18)14-6-8-20-17(19)11-14;/h4-6,8,10-11,21H,7,9,12H2,1-3H3;1H. The highest BCUT2D eigenvalue weighted by Gasteiger charge is 2.34. The first-order valence-electron chi connectivity index (χ1n) is 7.63. The lowest BCUT2D eigenvalue weighted by atomic mass is 9.80. The Labute approximate surface area is 132 Å². The summed E-state index contributed by atoms with van der Waals surface area (Å²) in [6, 6.07) is 9.67. The van der Waals surface area contributed by atoms with Crippen molar-refractivity contribution in [2.75, 3.05) is 32.5 Å². The molecule has 1 unspecified atom stereocenters. The SMILES string of the molecule is CN(C)CCC1(C)CNc2ccc(-c3ccnc(F)c3)cc21.[HH]. The molecule has 118 valence electrons. The summed E-state index contributed by atoms with van der Waals surface area (Å²) in [4.78, 5) is 5.84. The van der Waals surface area contributed by atoms with Gasteiger partial charge in [0.1, 0.15) is 0 Å². The predicted molar refractivity (Wildman–Crippen MR) is 90.8 cm³/mol. The highest BCUT2D eigenvalue weighted by atomic mass is 19.1. The average Bonchev–Trinajstić information content (AvgIpc) is 2.83. The lowest BCUT2D eigenvalue weighted by molar-refractivity contribution is 0.343. The first kappa shape index (κ1) is 15.0. The van der Waals surface area contributed by atoms with Gasteiger partial charge in [0.2, 0.25) is 5.95 Å². The van der Waals surface area contributed by atoms with Gasteiger partial charge >= 0.3 is 0 Å². The van der Waals surface area contributed by atoms with Crippen molar-refractivity contribution in [2.24, 2.45) is 0 Å². The van der Waals surface area contributed by atoms with Crippen LogP contribution in [0.15, 0.2) is 36.5 Å². The largest absolute Gasteiger partial charge is 0.384 e. The topological polar surface area (TPSA) is 28.2 Å². The molecule has 0 fully saturated rings. The number of nitrogens with one attached hydrogen (secondary N) is 1. The van der Waals surface area contributed by atoms with Gasteiger partial charge in [-0.25, -0.2) is 4.98 Å². The van der Waals surface area contributed by atoms with Crippen LogP contribution in [0.4, 0.5) is 10.1 Å². The maximum atomic E-state index is 13.4. The molecular weight excluding hydrogens is 277 g/mol. The Morgan fingerprint density at radius 2 is 2.05 bits per heavy atom. The van der Waals surface area contributed by atoms with Crippen molar-refractivity contribution in [3.8, 4) is 11.1 Å². The van der Waals surface area contributed by atoms with Gasteiger partial charge in [-0.2, -0.15) is 4.39 Å². The number of halogens is 1. The van der Waals surface area contributed by atoms with Crippen LogP contribution < -0.4 is 5.32 Å². The van der Waals surface area contributed by atoms with Crippen molar-refractivity contribution < 1.29 is 5.82 Å². The minimum absolute atomic E-state index is 0. The molecule has 1 atom stereocenters. The predicted octanol–water partition coefficient (Wildman–Crippen LogP) is 3.77. The zero-order valence-corrected chi connectivity index (χ0v) is 13.4. The fourth-order valence-corrected chi connectivity index (χ4v) is 3.04. The van der Waals surface area contributed by atoms with E-state index in [1.165, 1.54) is 23.5 Å². The second kappa shape index (κ2) is 5.69. The van der Waals surface area contributed by atoms with E-state index in [0.717, 1.165) is 30.6 Å². The number of aromatic nitrogens is 1. The fourth-order valence-electron chi connectivity index (χ4n) is 3.04. The summed E-state index contributed by atoms with van der Waals surface area (Å²) in [7, 11) is 4.20. The molecule has 1 aliphatic rings. The van der Waals surface area contributed by atoms with Gasteiger partial charge in [0.25, 0.3) is 0 Å². The Balaban J connectivity index is 0.00000192. The minimum atomic E-state index is -0.438. The Bertz CT molecular complexity index is 690. The van der Waals surface area contributed by atoms with Crippen molar-refractivity contribution >= 4 is 5.69 Å². The first-order chi connectivity index (χ1) is 10.5. The van der Waals surface area contributed by atoms with E-state index in [4.69, 9.17) is 0 Å². The minimum Gasteiger partial charge on any atom is -0.384 e. The molecule has 22 heavy (non-hydrogen) atoms. The monoisotopic (exact) mass is 301 g/mol. The molecule has 0 bridgehead atoms.